The highest BCUT2D eigenvalue weighted by Crippen LogP contribution is 2.58. The third-order valence-corrected chi connectivity index (χ3v) is 12.3. The van der Waals surface area contributed by atoms with Gasteiger partial charge in [0.15, 0.2) is 0 Å². The second-order valence-electron chi connectivity index (χ2n) is 15.4. The zero-order valence-corrected chi connectivity index (χ0v) is 32.3. The Morgan fingerprint density at radius 2 is 1.21 bits per heavy atom. The second kappa shape index (κ2) is 15.2. The van der Waals surface area contributed by atoms with E-state index in [0.29, 0.717) is 6.05 Å². The van der Waals surface area contributed by atoms with Crippen molar-refractivity contribution in [2.45, 2.75) is 24.2 Å². The summed E-state index contributed by atoms with van der Waals surface area (Å²) in [6.07, 6.45) is 8.10. The van der Waals surface area contributed by atoms with E-state index in [4.69, 9.17) is 1.37 Å². The van der Waals surface area contributed by atoms with Crippen LogP contribution in [-0.4, -0.2) is 0 Å². The predicted octanol–water partition coefficient (Wildman–Crippen LogP) is 14.7. The van der Waals surface area contributed by atoms with Crippen LogP contribution in [0.3, 0.4) is 0 Å². The molecule has 2 aliphatic rings. The summed E-state index contributed by atoms with van der Waals surface area (Å²) in [5, 5.41) is 4.90. The summed E-state index contributed by atoms with van der Waals surface area (Å²) in [5.41, 5.74) is 10.2. The Bertz CT molecular complexity index is 2960. The minimum atomic E-state index is -0.805. The summed E-state index contributed by atoms with van der Waals surface area (Å²) < 4.78 is 28.2. The number of rotatable bonds is 9. The Hall–Kier alpha value is -6.96. The molecule has 0 saturated carbocycles. The van der Waals surface area contributed by atoms with Crippen LogP contribution in [0.25, 0.3) is 38.2 Å². The third kappa shape index (κ3) is 6.03. The molecule has 0 N–H and O–H groups in total. The summed E-state index contributed by atoms with van der Waals surface area (Å²) in [6.45, 7) is 1.17. The molecule has 0 aromatic heterocycles. The molecule has 0 radical (unpaired) electrons. The molecule has 2 atom stereocenters. The summed E-state index contributed by atoms with van der Waals surface area (Å²) >= 11 is 0. The van der Waals surface area contributed by atoms with Crippen molar-refractivity contribution in [2.24, 2.45) is 5.92 Å². The molecule has 2 unspecified atom stereocenters. The number of fused-ring (bicyclic) bond motifs is 4. The van der Waals surface area contributed by atoms with Crippen LogP contribution in [-0.2, 0) is 5.41 Å². The average molecular weight is 747 g/mol. The second-order valence-corrected chi connectivity index (χ2v) is 15.4. The number of hydrogen-bond donors (Lipinski definition) is 0. The highest BCUT2D eigenvalue weighted by atomic mass is 15.1. The van der Waals surface area contributed by atoms with Crippen molar-refractivity contribution in [1.29, 1.82) is 0 Å². The van der Waals surface area contributed by atoms with E-state index < -0.39 is 17.3 Å². The highest BCUT2D eigenvalue weighted by Gasteiger charge is 2.52. The van der Waals surface area contributed by atoms with Gasteiger partial charge in [-0.2, -0.15) is 0 Å². The minimum absolute atomic E-state index is 0.190. The number of nitrogens with zero attached hydrogens (tertiary/aromatic N) is 1. The Morgan fingerprint density at radius 3 is 1.90 bits per heavy atom. The van der Waals surface area contributed by atoms with Crippen LogP contribution in [0.1, 0.15) is 50.7 Å². The fourth-order valence-electron chi connectivity index (χ4n) is 9.66. The van der Waals surface area contributed by atoms with Crippen molar-refractivity contribution in [2.75, 3.05) is 4.90 Å². The van der Waals surface area contributed by atoms with E-state index in [2.05, 4.69) is 193 Å². The summed E-state index contributed by atoms with van der Waals surface area (Å²) in [4.78, 5) is 2.21. The Balaban J connectivity index is 1.16. The molecule has 0 amide bonds. The number of hydrogen-bond acceptors (Lipinski definition) is 1. The lowest BCUT2D eigenvalue weighted by molar-refractivity contribution is 0.459. The monoisotopic (exact) mass is 746 g/mol. The molecule has 2 aliphatic carbocycles. The lowest BCUT2D eigenvalue weighted by atomic mass is 9.64. The van der Waals surface area contributed by atoms with E-state index in [-0.39, 0.29) is 6.05 Å². The maximum absolute atomic E-state index is 10.4. The van der Waals surface area contributed by atoms with Gasteiger partial charge in [0.05, 0.1) is 9.53 Å². The van der Waals surface area contributed by atoms with E-state index in [1.807, 2.05) is 24.4 Å². The number of allylic oxidation sites excluding steroid dienone is 6. The van der Waals surface area contributed by atoms with Gasteiger partial charge < -0.3 is 4.90 Å². The Kier molecular flexibility index (Phi) is 8.42. The molecule has 0 heterocycles. The SMILES string of the molecule is [2H]C=C([2H])C1c2ccccc2C(c2ccccc2)(c2ccccc2)C1/C([2H])=C/N(C1=CC=C(c2ccccc2)CC1)c1ccc(-c2cc3ccccc3c3ccccc23)cc1. The lowest BCUT2D eigenvalue weighted by Gasteiger charge is -2.38. The van der Waals surface area contributed by atoms with Gasteiger partial charge in [0.2, 0.25) is 0 Å². The normalized spacial score (nSPS) is 18.4. The van der Waals surface area contributed by atoms with Gasteiger partial charge in [-0.3, -0.25) is 0 Å². The van der Waals surface area contributed by atoms with Crippen molar-refractivity contribution in [3.63, 3.8) is 0 Å². The van der Waals surface area contributed by atoms with Crippen LogP contribution in [0.2, 0.25) is 0 Å². The Labute approximate surface area is 346 Å². The first kappa shape index (κ1) is 32.2. The van der Waals surface area contributed by atoms with Crippen LogP contribution in [0.5, 0.6) is 0 Å². The van der Waals surface area contributed by atoms with E-state index in [1.54, 1.807) is 0 Å². The summed E-state index contributed by atoms with van der Waals surface area (Å²) in [7, 11) is 0. The van der Waals surface area contributed by atoms with Gasteiger partial charge in [0.25, 0.3) is 0 Å². The van der Waals surface area contributed by atoms with Gasteiger partial charge in [0.1, 0.15) is 0 Å². The molecule has 1 nitrogen and oxygen atoms in total. The van der Waals surface area contributed by atoms with Crippen molar-refractivity contribution in [3.8, 4) is 11.1 Å². The summed E-state index contributed by atoms with van der Waals surface area (Å²) in [6, 6.07) is 68.8. The van der Waals surface area contributed by atoms with Gasteiger partial charge in [0, 0.05) is 29.4 Å². The largest absolute Gasteiger partial charge is 0.321 e. The van der Waals surface area contributed by atoms with E-state index in [0.717, 1.165) is 52.0 Å². The molecular formula is C57H45N. The smallest absolute Gasteiger partial charge is 0.0595 e. The van der Waals surface area contributed by atoms with Crippen LogP contribution in [0, 0.1) is 5.92 Å². The molecule has 0 bridgehead atoms. The fraction of sp³-hybridized carbons (Fsp3) is 0.0877. The lowest BCUT2D eigenvalue weighted by Crippen LogP contribution is -2.35. The van der Waals surface area contributed by atoms with Gasteiger partial charge in [-0.15, -0.1) is 6.55 Å². The third-order valence-electron chi connectivity index (χ3n) is 12.3. The standard InChI is InChI=1S/C57H45N/c1-2-49-53-28-16-17-29-55(53)57(45-21-8-4-9-22-45,46-23-10-5-11-24-46)56(49)38-39-58(47-34-30-42(31-35-47)41-18-6-3-7-19-41)48-36-32-43(33-37-48)54-40-44-20-12-13-25-50(44)51-26-14-15-27-52(51)54/h2-30,32-34,36-40,49,56H,1,31,35H2/b39-38+/i1D,2D,38D/b2-1?,39-38+. The van der Waals surface area contributed by atoms with E-state index in [9.17, 15) is 2.74 Å². The molecule has 0 saturated heterocycles. The van der Waals surface area contributed by atoms with Gasteiger partial charge in [-0.05, 0) is 103 Å². The molecule has 8 aromatic carbocycles. The topological polar surface area (TPSA) is 3.24 Å². The fourth-order valence-corrected chi connectivity index (χ4v) is 9.66. The van der Waals surface area contributed by atoms with E-state index in [1.165, 1.54) is 44.8 Å². The van der Waals surface area contributed by atoms with Crippen LogP contribution in [0.15, 0.2) is 237 Å². The average Bonchev–Trinajstić information content (AvgIpc) is 3.66. The first-order valence-corrected chi connectivity index (χ1v) is 20.3. The number of anilines is 1. The van der Waals surface area contributed by atoms with Gasteiger partial charge in [-0.1, -0.05) is 194 Å². The van der Waals surface area contributed by atoms with Crippen LogP contribution in [0.4, 0.5) is 5.69 Å². The minimum Gasteiger partial charge on any atom is -0.321 e. The molecule has 10 rings (SSSR count). The first-order chi connectivity index (χ1) is 30.1. The predicted molar refractivity (Wildman–Crippen MR) is 246 cm³/mol. The number of benzene rings is 8. The van der Waals surface area contributed by atoms with Gasteiger partial charge >= 0.3 is 0 Å². The molecule has 0 fully saturated rings. The zero-order valence-electron chi connectivity index (χ0n) is 35.3. The van der Waals surface area contributed by atoms with Crippen molar-refractivity contribution in [1.82, 2.24) is 0 Å². The molecule has 0 aliphatic heterocycles. The molecule has 0 spiro atoms. The highest BCUT2D eigenvalue weighted by molar-refractivity contribution is 6.13. The molecule has 8 aromatic rings. The van der Waals surface area contributed by atoms with Crippen LogP contribution >= 0.6 is 0 Å². The van der Waals surface area contributed by atoms with Gasteiger partial charge in [-0.25, -0.2) is 0 Å². The maximum Gasteiger partial charge on any atom is 0.0595 e. The van der Waals surface area contributed by atoms with Crippen LogP contribution < -0.4 is 4.90 Å². The molecule has 1 heteroatoms. The van der Waals surface area contributed by atoms with Crippen molar-refractivity contribution < 1.29 is 4.11 Å². The molecule has 58 heavy (non-hydrogen) atoms. The maximum atomic E-state index is 10.4. The zero-order chi connectivity index (χ0) is 41.3. The van der Waals surface area contributed by atoms with Crippen molar-refractivity contribution in [3.05, 3.63) is 265 Å². The summed E-state index contributed by atoms with van der Waals surface area (Å²) in [5.74, 6) is -1.05. The van der Waals surface area contributed by atoms with E-state index >= 15 is 0 Å². The van der Waals surface area contributed by atoms with Crippen molar-refractivity contribution >= 4 is 32.8 Å². The quantitative estimate of drug-likeness (QED) is 0.105. The molecular weight excluding hydrogens is 699 g/mol. The molecule has 278 valence electrons. The first-order valence-electron chi connectivity index (χ1n) is 21.8. The Morgan fingerprint density at radius 1 is 0.586 bits per heavy atom.